The zero-order chi connectivity index (χ0) is 11.3. The van der Waals surface area contributed by atoms with Crippen LogP contribution in [0.1, 0.15) is 20.3 Å². The van der Waals surface area contributed by atoms with Gasteiger partial charge < -0.3 is 10.2 Å². The van der Waals surface area contributed by atoms with Gasteiger partial charge in [-0.15, -0.1) is 6.58 Å². The first-order valence-electron chi connectivity index (χ1n) is 5.42. The smallest absolute Gasteiger partial charge is 0.318 e. The normalized spacial score (nSPS) is 24.1. The standard InChI is InChI=1S/C11H20N2OS/c1-4-9(2)12-11(14)13-6-8-15-7-5-10(13)3/h4,9-10H,1,5-8H2,2-3H3,(H,12,14). The first-order chi connectivity index (χ1) is 7.15. The van der Waals surface area contributed by atoms with E-state index in [9.17, 15) is 4.79 Å². The summed E-state index contributed by atoms with van der Waals surface area (Å²) in [5.74, 6) is 2.20. The molecule has 15 heavy (non-hydrogen) atoms. The van der Waals surface area contributed by atoms with E-state index in [0.717, 1.165) is 24.5 Å². The largest absolute Gasteiger partial charge is 0.332 e. The predicted octanol–water partition coefficient (Wildman–Crippen LogP) is 2.10. The lowest BCUT2D eigenvalue weighted by Gasteiger charge is -2.28. The van der Waals surface area contributed by atoms with Gasteiger partial charge in [0.1, 0.15) is 0 Å². The van der Waals surface area contributed by atoms with Crippen LogP contribution in [0, 0.1) is 0 Å². The maximum absolute atomic E-state index is 11.9. The molecule has 2 amide bonds. The number of nitrogens with one attached hydrogen (secondary N) is 1. The Kier molecular flexibility index (Phi) is 5.02. The Bertz CT molecular complexity index is 233. The Morgan fingerprint density at radius 2 is 2.40 bits per heavy atom. The molecule has 0 radical (unpaired) electrons. The summed E-state index contributed by atoms with van der Waals surface area (Å²) in [6, 6.07) is 0.426. The molecule has 1 N–H and O–H groups in total. The number of hydrogen-bond donors (Lipinski definition) is 1. The number of carbonyl (C=O) groups excluding carboxylic acids is 1. The van der Waals surface area contributed by atoms with Gasteiger partial charge in [-0.05, 0) is 26.0 Å². The van der Waals surface area contributed by atoms with E-state index in [-0.39, 0.29) is 12.1 Å². The van der Waals surface area contributed by atoms with Crippen LogP contribution in [-0.2, 0) is 0 Å². The van der Waals surface area contributed by atoms with Crippen molar-refractivity contribution in [3.05, 3.63) is 12.7 Å². The number of thioether (sulfide) groups is 1. The van der Waals surface area contributed by atoms with Crippen LogP contribution in [0.5, 0.6) is 0 Å². The summed E-state index contributed by atoms with van der Waals surface area (Å²) < 4.78 is 0. The minimum absolute atomic E-state index is 0.0393. The molecule has 2 unspecified atom stereocenters. The first kappa shape index (κ1) is 12.4. The van der Waals surface area contributed by atoms with Crippen molar-refractivity contribution < 1.29 is 4.79 Å². The number of urea groups is 1. The zero-order valence-electron chi connectivity index (χ0n) is 9.53. The minimum Gasteiger partial charge on any atom is -0.332 e. The SMILES string of the molecule is C=CC(C)NC(=O)N1CCSCCC1C. The van der Waals surface area contributed by atoms with Gasteiger partial charge in [0, 0.05) is 24.4 Å². The Labute approximate surface area is 96.3 Å². The van der Waals surface area contributed by atoms with Gasteiger partial charge in [0.2, 0.25) is 0 Å². The summed E-state index contributed by atoms with van der Waals surface area (Å²) >= 11 is 1.92. The van der Waals surface area contributed by atoms with Crippen molar-refractivity contribution >= 4 is 17.8 Å². The van der Waals surface area contributed by atoms with Crippen LogP contribution in [0.4, 0.5) is 4.79 Å². The molecule has 0 aliphatic carbocycles. The summed E-state index contributed by atoms with van der Waals surface area (Å²) in [5, 5.41) is 2.92. The first-order valence-corrected chi connectivity index (χ1v) is 6.58. The number of nitrogens with zero attached hydrogens (tertiary/aromatic N) is 1. The van der Waals surface area contributed by atoms with Gasteiger partial charge in [0.15, 0.2) is 0 Å². The van der Waals surface area contributed by atoms with Gasteiger partial charge >= 0.3 is 6.03 Å². The lowest BCUT2D eigenvalue weighted by atomic mass is 10.2. The van der Waals surface area contributed by atoms with Crippen LogP contribution in [0.25, 0.3) is 0 Å². The topological polar surface area (TPSA) is 32.3 Å². The maximum Gasteiger partial charge on any atom is 0.318 e. The van der Waals surface area contributed by atoms with Crippen LogP contribution in [0.15, 0.2) is 12.7 Å². The van der Waals surface area contributed by atoms with E-state index in [1.54, 1.807) is 6.08 Å². The van der Waals surface area contributed by atoms with Crippen molar-refractivity contribution in [2.45, 2.75) is 32.4 Å². The maximum atomic E-state index is 11.9. The highest BCUT2D eigenvalue weighted by Gasteiger charge is 2.22. The molecule has 0 aromatic heterocycles. The fraction of sp³-hybridized carbons (Fsp3) is 0.727. The quantitative estimate of drug-likeness (QED) is 0.734. The molecule has 86 valence electrons. The van der Waals surface area contributed by atoms with Gasteiger partial charge in [-0.1, -0.05) is 6.08 Å². The summed E-state index contributed by atoms with van der Waals surface area (Å²) in [4.78, 5) is 13.8. The van der Waals surface area contributed by atoms with E-state index in [0.29, 0.717) is 6.04 Å². The van der Waals surface area contributed by atoms with Gasteiger partial charge in [-0.3, -0.25) is 0 Å². The van der Waals surface area contributed by atoms with Crippen molar-refractivity contribution in [2.24, 2.45) is 0 Å². The molecule has 4 heteroatoms. The molecule has 1 aliphatic rings. The van der Waals surface area contributed by atoms with Crippen molar-refractivity contribution in [1.29, 1.82) is 0 Å². The Morgan fingerprint density at radius 1 is 1.67 bits per heavy atom. The van der Waals surface area contributed by atoms with Crippen molar-refractivity contribution in [1.82, 2.24) is 10.2 Å². The molecule has 0 aromatic carbocycles. The lowest BCUT2D eigenvalue weighted by molar-refractivity contribution is 0.181. The van der Waals surface area contributed by atoms with Crippen molar-refractivity contribution in [3.63, 3.8) is 0 Å². The minimum atomic E-state index is 0.0393. The number of amides is 2. The third-order valence-corrected chi connectivity index (χ3v) is 3.65. The molecule has 0 spiro atoms. The summed E-state index contributed by atoms with van der Waals surface area (Å²) in [6.07, 6.45) is 2.83. The average molecular weight is 228 g/mol. The van der Waals surface area contributed by atoms with Crippen LogP contribution >= 0.6 is 11.8 Å². The van der Waals surface area contributed by atoms with Crippen molar-refractivity contribution in [2.75, 3.05) is 18.1 Å². The third kappa shape index (κ3) is 3.78. The molecule has 3 nitrogen and oxygen atoms in total. The van der Waals surface area contributed by atoms with Gasteiger partial charge in [0.05, 0.1) is 0 Å². The van der Waals surface area contributed by atoms with E-state index in [4.69, 9.17) is 0 Å². The fourth-order valence-corrected chi connectivity index (χ4v) is 2.57. The highest BCUT2D eigenvalue weighted by atomic mass is 32.2. The summed E-state index contributed by atoms with van der Waals surface area (Å²) in [6.45, 7) is 8.56. The molecule has 0 aromatic rings. The Hall–Kier alpha value is -0.640. The summed E-state index contributed by atoms with van der Waals surface area (Å²) in [7, 11) is 0. The molecular formula is C11H20N2OS. The van der Waals surface area contributed by atoms with Crippen LogP contribution < -0.4 is 5.32 Å². The predicted molar refractivity (Wildman–Crippen MR) is 66.3 cm³/mol. The molecule has 1 heterocycles. The van der Waals surface area contributed by atoms with Gasteiger partial charge in [-0.25, -0.2) is 4.79 Å². The molecule has 1 saturated heterocycles. The van der Waals surface area contributed by atoms with E-state index < -0.39 is 0 Å². The van der Waals surface area contributed by atoms with Crippen molar-refractivity contribution in [3.8, 4) is 0 Å². The molecule has 0 saturated carbocycles. The van der Waals surface area contributed by atoms with Crippen LogP contribution in [0.2, 0.25) is 0 Å². The second-order valence-electron chi connectivity index (χ2n) is 3.92. The Morgan fingerprint density at radius 3 is 3.07 bits per heavy atom. The average Bonchev–Trinajstić information content (AvgIpc) is 2.42. The fourth-order valence-electron chi connectivity index (χ4n) is 1.53. The van der Waals surface area contributed by atoms with E-state index in [1.807, 2.05) is 23.6 Å². The van der Waals surface area contributed by atoms with E-state index >= 15 is 0 Å². The monoisotopic (exact) mass is 228 g/mol. The highest BCUT2D eigenvalue weighted by molar-refractivity contribution is 7.99. The van der Waals surface area contributed by atoms with Crippen LogP contribution in [0.3, 0.4) is 0 Å². The van der Waals surface area contributed by atoms with E-state index in [1.165, 1.54) is 0 Å². The number of rotatable bonds is 2. The third-order valence-electron chi connectivity index (χ3n) is 2.65. The molecule has 0 bridgehead atoms. The van der Waals surface area contributed by atoms with E-state index in [2.05, 4.69) is 18.8 Å². The molecular weight excluding hydrogens is 208 g/mol. The number of hydrogen-bond acceptors (Lipinski definition) is 2. The highest BCUT2D eigenvalue weighted by Crippen LogP contribution is 2.15. The zero-order valence-corrected chi connectivity index (χ0v) is 10.3. The number of carbonyl (C=O) groups is 1. The second-order valence-corrected chi connectivity index (χ2v) is 5.14. The van der Waals surface area contributed by atoms with Gasteiger partial charge in [0.25, 0.3) is 0 Å². The summed E-state index contributed by atoms with van der Waals surface area (Å²) in [5.41, 5.74) is 0. The molecule has 1 rings (SSSR count). The van der Waals surface area contributed by atoms with Gasteiger partial charge in [-0.2, -0.15) is 11.8 Å². The molecule has 1 aliphatic heterocycles. The molecule has 1 fully saturated rings. The Balaban J connectivity index is 2.51. The lowest BCUT2D eigenvalue weighted by Crippen LogP contribution is -2.47. The van der Waals surface area contributed by atoms with Crippen LogP contribution in [-0.4, -0.2) is 41.1 Å². The molecule has 2 atom stereocenters. The second kappa shape index (κ2) is 6.05.